The summed E-state index contributed by atoms with van der Waals surface area (Å²) in [5, 5.41) is 19.1. The van der Waals surface area contributed by atoms with Crippen molar-refractivity contribution in [1.82, 2.24) is 25.4 Å². The molecule has 0 radical (unpaired) electrons. The van der Waals surface area contributed by atoms with E-state index in [-0.39, 0.29) is 5.82 Å². The summed E-state index contributed by atoms with van der Waals surface area (Å²) in [6.07, 6.45) is 6.75. The predicted molar refractivity (Wildman–Crippen MR) is 50.1 cm³/mol. The molecule has 0 unspecified atom stereocenters. The van der Waals surface area contributed by atoms with Crippen LogP contribution in [0.1, 0.15) is 0 Å². The maximum atomic E-state index is 9.87. The van der Waals surface area contributed by atoms with E-state index in [0.717, 1.165) is 0 Å². The van der Waals surface area contributed by atoms with Gasteiger partial charge in [-0.1, -0.05) is 5.21 Å². The number of anilines is 1. The van der Waals surface area contributed by atoms with Crippen molar-refractivity contribution in [2.45, 2.75) is 0 Å². The first-order valence-corrected chi connectivity index (χ1v) is 3.85. The molecule has 0 aliphatic heterocycles. The third kappa shape index (κ3) is 4.93. The quantitative estimate of drug-likeness (QED) is 0.623. The van der Waals surface area contributed by atoms with Crippen LogP contribution >= 0.6 is 0 Å². The molecule has 0 atom stereocenters. The van der Waals surface area contributed by atoms with Gasteiger partial charge in [-0.3, -0.25) is 20.4 Å². The lowest BCUT2D eigenvalue weighted by molar-refractivity contribution is 0.209. The monoisotopic (exact) mass is 208 g/mol. The highest BCUT2D eigenvalue weighted by Crippen LogP contribution is 1.93. The number of hydrogen-bond acceptors (Lipinski definition) is 5. The fourth-order valence-electron chi connectivity index (χ4n) is 0.626. The molecule has 8 heteroatoms. The zero-order valence-corrected chi connectivity index (χ0v) is 7.53. The summed E-state index contributed by atoms with van der Waals surface area (Å²) in [5.74, 6) is 0.197. The molecule has 2 aromatic rings. The van der Waals surface area contributed by atoms with E-state index >= 15 is 0 Å². The van der Waals surface area contributed by atoms with E-state index in [1.54, 1.807) is 24.8 Å². The molecule has 0 fully saturated rings. The zero-order chi connectivity index (χ0) is 10.9. The Labute approximate surface area is 84.4 Å². The van der Waals surface area contributed by atoms with Crippen molar-refractivity contribution in [2.24, 2.45) is 0 Å². The Kier molecular flexibility index (Phi) is 4.24. The Balaban J connectivity index is 0.000000162. The highest BCUT2D eigenvalue weighted by atomic mass is 16.4. The number of carboxylic acid groups (broad SMARTS) is 1. The molecule has 0 aromatic carbocycles. The molecule has 8 nitrogen and oxygen atoms in total. The standard InChI is InChI=1S/C4H4N2.C3H4N4O2/c1-2-6-4-3-5-1;8-3(9)5-2-1-4-7-6-2/h1-4H;1H,(H,8,9)(H2,4,5,6,7). The van der Waals surface area contributed by atoms with Gasteiger partial charge < -0.3 is 5.11 Å². The minimum absolute atomic E-state index is 0.197. The van der Waals surface area contributed by atoms with E-state index in [9.17, 15) is 4.79 Å². The molecule has 0 saturated carbocycles. The van der Waals surface area contributed by atoms with Crippen LogP contribution in [0.4, 0.5) is 10.6 Å². The summed E-state index contributed by atoms with van der Waals surface area (Å²) in [4.78, 5) is 17.3. The number of amides is 1. The van der Waals surface area contributed by atoms with Gasteiger partial charge >= 0.3 is 6.09 Å². The van der Waals surface area contributed by atoms with Gasteiger partial charge in [-0.25, -0.2) is 4.79 Å². The highest BCUT2D eigenvalue weighted by molar-refractivity contribution is 5.80. The van der Waals surface area contributed by atoms with Crippen LogP contribution in [0.2, 0.25) is 0 Å². The molecule has 1 amide bonds. The van der Waals surface area contributed by atoms with Gasteiger partial charge in [-0.05, 0) is 0 Å². The number of carbonyl (C=O) groups is 1. The summed E-state index contributed by atoms with van der Waals surface area (Å²) in [6.45, 7) is 0. The van der Waals surface area contributed by atoms with E-state index in [2.05, 4.69) is 25.4 Å². The summed E-state index contributed by atoms with van der Waals surface area (Å²) < 4.78 is 0. The van der Waals surface area contributed by atoms with E-state index in [1.807, 2.05) is 5.32 Å². The van der Waals surface area contributed by atoms with Crippen molar-refractivity contribution < 1.29 is 9.90 Å². The fraction of sp³-hybridized carbons (Fsp3) is 0. The smallest absolute Gasteiger partial charge is 0.410 e. The van der Waals surface area contributed by atoms with Crippen LogP contribution in [-0.4, -0.2) is 36.6 Å². The topological polar surface area (TPSA) is 117 Å². The largest absolute Gasteiger partial charge is 0.465 e. The maximum absolute atomic E-state index is 9.87. The fourth-order valence-corrected chi connectivity index (χ4v) is 0.626. The second kappa shape index (κ2) is 6.02. The predicted octanol–water partition coefficient (Wildman–Crippen LogP) is 0.371. The Morgan fingerprint density at radius 1 is 1.27 bits per heavy atom. The van der Waals surface area contributed by atoms with Crippen LogP contribution in [-0.2, 0) is 0 Å². The van der Waals surface area contributed by atoms with Gasteiger partial charge in [0.25, 0.3) is 0 Å². The van der Waals surface area contributed by atoms with E-state index in [4.69, 9.17) is 5.11 Å². The number of nitrogens with zero attached hydrogens (tertiary/aromatic N) is 4. The Morgan fingerprint density at radius 3 is 2.20 bits per heavy atom. The van der Waals surface area contributed by atoms with Gasteiger partial charge in [-0.2, -0.15) is 0 Å². The van der Waals surface area contributed by atoms with Crippen LogP contribution in [0, 0.1) is 0 Å². The lowest BCUT2D eigenvalue weighted by Crippen LogP contribution is -2.07. The zero-order valence-electron chi connectivity index (χ0n) is 7.53. The van der Waals surface area contributed by atoms with E-state index in [0.29, 0.717) is 0 Å². The summed E-state index contributed by atoms with van der Waals surface area (Å²) in [6, 6.07) is 0. The number of hydrogen-bond donors (Lipinski definition) is 3. The molecule has 0 saturated heterocycles. The first-order valence-electron chi connectivity index (χ1n) is 3.85. The third-order valence-corrected chi connectivity index (χ3v) is 1.13. The van der Waals surface area contributed by atoms with Crippen LogP contribution in [0.15, 0.2) is 31.0 Å². The molecule has 2 heterocycles. The van der Waals surface area contributed by atoms with Gasteiger partial charge in [0, 0.05) is 24.8 Å². The number of H-pyrrole nitrogens is 1. The molecule has 15 heavy (non-hydrogen) atoms. The highest BCUT2D eigenvalue weighted by Gasteiger charge is 1.97. The van der Waals surface area contributed by atoms with Crippen LogP contribution in [0.25, 0.3) is 0 Å². The van der Waals surface area contributed by atoms with Crippen molar-refractivity contribution in [3.63, 3.8) is 0 Å². The first kappa shape index (κ1) is 10.6. The van der Waals surface area contributed by atoms with E-state index < -0.39 is 6.09 Å². The lowest BCUT2D eigenvalue weighted by atomic mass is 10.7. The average Bonchev–Trinajstić information content (AvgIpc) is 2.73. The number of nitrogens with one attached hydrogen (secondary N) is 2. The van der Waals surface area contributed by atoms with Crippen LogP contribution in [0.3, 0.4) is 0 Å². The second-order valence-electron chi connectivity index (χ2n) is 2.18. The Morgan fingerprint density at radius 2 is 1.87 bits per heavy atom. The molecule has 0 aliphatic carbocycles. The van der Waals surface area contributed by atoms with Crippen LogP contribution < -0.4 is 5.32 Å². The molecule has 2 aromatic heterocycles. The second-order valence-corrected chi connectivity index (χ2v) is 2.18. The maximum Gasteiger partial charge on any atom is 0.410 e. The Bertz CT molecular complexity index is 349. The van der Waals surface area contributed by atoms with Crippen LogP contribution in [0.5, 0.6) is 0 Å². The number of aromatic amines is 1. The summed E-state index contributed by atoms with van der Waals surface area (Å²) in [7, 11) is 0. The van der Waals surface area contributed by atoms with Gasteiger partial charge in [0.15, 0.2) is 5.82 Å². The summed E-state index contributed by atoms with van der Waals surface area (Å²) in [5.41, 5.74) is 0. The molecule has 0 spiro atoms. The molecular formula is C7H8N6O2. The van der Waals surface area contributed by atoms with Gasteiger partial charge in [0.2, 0.25) is 0 Å². The molecule has 0 bridgehead atoms. The number of rotatable bonds is 1. The van der Waals surface area contributed by atoms with Gasteiger partial charge in [0.05, 0.1) is 6.20 Å². The molecular weight excluding hydrogens is 200 g/mol. The number of aromatic nitrogens is 5. The normalized spacial score (nSPS) is 8.53. The average molecular weight is 208 g/mol. The van der Waals surface area contributed by atoms with Gasteiger partial charge in [-0.15, -0.1) is 5.10 Å². The van der Waals surface area contributed by atoms with Crippen molar-refractivity contribution >= 4 is 11.9 Å². The molecule has 78 valence electrons. The third-order valence-electron chi connectivity index (χ3n) is 1.13. The molecule has 2 rings (SSSR count). The lowest BCUT2D eigenvalue weighted by Gasteiger charge is -1.88. The SMILES string of the molecule is O=C(O)Nc1c[nH]nn1.c1cnccn1. The van der Waals surface area contributed by atoms with Crippen molar-refractivity contribution in [3.05, 3.63) is 31.0 Å². The van der Waals surface area contributed by atoms with E-state index in [1.165, 1.54) is 6.20 Å². The molecule has 3 N–H and O–H groups in total. The molecule has 0 aliphatic rings. The van der Waals surface area contributed by atoms with Crippen molar-refractivity contribution in [2.75, 3.05) is 5.32 Å². The minimum Gasteiger partial charge on any atom is -0.465 e. The van der Waals surface area contributed by atoms with Crippen molar-refractivity contribution in [3.8, 4) is 0 Å². The minimum atomic E-state index is -1.15. The van der Waals surface area contributed by atoms with Gasteiger partial charge in [0.1, 0.15) is 0 Å². The summed E-state index contributed by atoms with van der Waals surface area (Å²) >= 11 is 0. The van der Waals surface area contributed by atoms with Crippen molar-refractivity contribution in [1.29, 1.82) is 0 Å². The Hall–Kier alpha value is -2.51. The first-order chi connectivity index (χ1) is 7.29.